The highest BCUT2D eigenvalue weighted by molar-refractivity contribution is 6.03. The summed E-state index contributed by atoms with van der Waals surface area (Å²) in [6, 6.07) is 12.9. The number of hydrazone groups is 1. The number of benzene rings is 2. The van der Waals surface area contributed by atoms with E-state index < -0.39 is 6.04 Å². The first-order chi connectivity index (χ1) is 16.5. The van der Waals surface area contributed by atoms with Gasteiger partial charge in [-0.3, -0.25) is 14.5 Å². The molecule has 2 aromatic carbocycles. The number of methoxy groups -OCH3 is 1. The molecule has 1 saturated heterocycles. The van der Waals surface area contributed by atoms with E-state index in [0.717, 1.165) is 35.4 Å². The van der Waals surface area contributed by atoms with E-state index >= 15 is 0 Å². The second kappa shape index (κ2) is 10.8. The Morgan fingerprint density at radius 2 is 1.82 bits per heavy atom. The van der Waals surface area contributed by atoms with Gasteiger partial charge >= 0.3 is 5.97 Å². The summed E-state index contributed by atoms with van der Waals surface area (Å²) in [6.45, 7) is 2.81. The molecule has 0 aromatic heterocycles. The number of carbonyl (C=O) groups is 2. The number of amides is 1. The van der Waals surface area contributed by atoms with E-state index in [2.05, 4.69) is 5.10 Å². The lowest BCUT2D eigenvalue weighted by molar-refractivity contribution is -0.152. The highest BCUT2D eigenvalue weighted by Gasteiger charge is 2.37. The Balaban J connectivity index is 1.58. The lowest BCUT2D eigenvalue weighted by Crippen LogP contribution is -2.49. The first-order valence-corrected chi connectivity index (χ1v) is 11.7. The molecule has 8 heteroatoms. The minimum atomic E-state index is -0.422. The molecule has 0 unspecified atom stereocenters. The molecule has 1 amide bonds. The van der Waals surface area contributed by atoms with E-state index in [1.165, 1.54) is 17.1 Å². The van der Waals surface area contributed by atoms with Gasteiger partial charge in [0.05, 0.1) is 32.0 Å². The number of hydrogen-bond donors (Lipinski definition) is 0. The van der Waals surface area contributed by atoms with Gasteiger partial charge in [0.1, 0.15) is 17.6 Å². The van der Waals surface area contributed by atoms with E-state index in [-0.39, 0.29) is 30.3 Å². The van der Waals surface area contributed by atoms with Crippen molar-refractivity contribution in [2.45, 2.75) is 44.7 Å². The van der Waals surface area contributed by atoms with E-state index in [0.29, 0.717) is 26.0 Å². The van der Waals surface area contributed by atoms with Crippen LogP contribution in [-0.4, -0.2) is 60.3 Å². The Hall–Kier alpha value is -3.26. The second-order valence-electron chi connectivity index (χ2n) is 8.52. The van der Waals surface area contributed by atoms with Crippen molar-refractivity contribution in [1.29, 1.82) is 0 Å². The van der Waals surface area contributed by atoms with E-state index in [1.807, 2.05) is 29.2 Å². The molecule has 2 aliphatic heterocycles. The minimum Gasteiger partial charge on any atom is -0.497 e. The molecule has 1 fully saturated rings. The third-order valence-electron chi connectivity index (χ3n) is 6.35. The van der Waals surface area contributed by atoms with Crippen molar-refractivity contribution < 1.29 is 23.5 Å². The van der Waals surface area contributed by atoms with Crippen LogP contribution >= 0.6 is 0 Å². The second-order valence-corrected chi connectivity index (χ2v) is 8.52. The average Bonchev–Trinajstić information content (AvgIpc) is 3.31. The number of halogens is 1. The van der Waals surface area contributed by atoms with Gasteiger partial charge in [0, 0.05) is 6.42 Å². The molecule has 0 bridgehead atoms. The van der Waals surface area contributed by atoms with Crippen LogP contribution in [0, 0.1) is 5.82 Å². The molecule has 180 valence electrons. The predicted molar refractivity (Wildman–Crippen MR) is 126 cm³/mol. The van der Waals surface area contributed by atoms with Crippen molar-refractivity contribution in [2.75, 3.05) is 26.8 Å². The first-order valence-electron chi connectivity index (χ1n) is 11.7. The maximum Gasteiger partial charge on any atom is 0.323 e. The molecule has 7 nitrogen and oxygen atoms in total. The van der Waals surface area contributed by atoms with Gasteiger partial charge in [-0.25, -0.2) is 9.40 Å². The topological polar surface area (TPSA) is 71.4 Å². The zero-order valence-corrected chi connectivity index (χ0v) is 19.6. The Labute approximate surface area is 199 Å². The summed E-state index contributed by atoms with van der Waals surface area (Å²) in [4.78, 5) is 27.9. The predicted octanol–water partition coefficient (Wildman–Crippen LogP) is 3.93. The third-order valence-corrected chi connectivity index (χ3v) is 6.35. The quantitative estimate of drug-likeness (QED) is 0.577. The Morgan fingerprint density at radius 3 is 2.50 bits per heavy atom. The van der Waals surface area contributed by atoms with Crippen LogP contribution in [0.2, 0.25) is 0 Å². The van der Waals surface area contributed by atoms with Crippen LogP contribution in [0.3, 0.4) is 0 Å². The summed E-state index contributed by atoms with van der Waals surface area (Å²) in [5.74, 6) is -0.0788. The smallest absolute Gasteiger partial charge is 0.323 e. The molecule has 0 N–H and O–H groups in total. The van der Waals surface area contributed by atoms with Crippen LogP contribution in [0.15, 0.2) is 53.6 Å². The summed E-state index contributed by atoms with van der Waals surface area (Å²) in [5.41, 5.74) is 2.47. The molecule has 0 spiro atoms. The SMILES string of the molecule is CCOC(=O)[C@H]1CCCCN1CC(=O)N1N=C(c2ccc(OC)cc2)C[C@@H]1c1ccc(F)cc1. The number of carbonyl (C=O) groups excluding carboxylic acids is 2. The molecule has 2 aliphatic rings. The fraction of sp³-hybridized carbons (Fsp3) is 0.423. The summed E-state index contributed by atoms with van der Waals surface area (Å²) in [6.07, 6.45) is 3.03. The summed E-state index contributed by atoms with van der Waals surface area (Å²) in [5, 5.41) is 6.18. The molecular formula is C26H30FN3O4. The van der Waals surface area contributed by atoms with E-state index in [4.69, 9.17) is 9.47 Å². The molecule has 0 aliphatic carbocycles. The molecular weight excluding hydrogens is 437 g/mol. The highest BCUT2D eigenvalue weighted by Crippen LogP contribution is 2.33. The zero-order valence-electron chi connectivity index (χ0n) is 19.6. The van der Waals surface area contributed by atoms with Crippen LogP contribution in [-0.2, 0) is 14.3 Å². The number of rotatable bonds is 7. The first kappa shape index (κ1) is 23.9. The van der Waals surface area contributed by atoms with Gasteiger partial charge in [0.15, 0.2) is 0 Å². The van der Waals surface area contributed by atoms with Crippen molar-refractivity contribution in [1.82, 2.24) is 9.91 Å². The molecule has 0 saturated carbocycles. The zero-order chi connectivity index (χ0) is 24.1. The monoisotopic (exact) mass is 467 g/mol. The van der Waals surface area contributed by atoms with Crippen LogP contribution < -0.4 is 4.74 Å². The van der Waals surface area contributed by atoms with Gasteiger partial charge in [0.2, 0.25) is 0 Å². The largest absolute Gasteiger partial charge is 0.497 e. The van der Waals surface area contributed by atoms with Crippen LogP contribution in [0.5, 0.6) is 5.75 Å². The summed E-state index contributed by atoms with van der Waals surface area (Å²) in [7, 11) is 1.61. The van der Waals surface area contributed by atoms with Gasteiger partial charge in [-0.05, 0) is 73.8 Å². The average molecular weight is 468 g/mol. The van der Waals surface area contributed by atoms with Gasteiger partial charge in [-0.15, -0.1) is 0 Å². The maximum absolute atomic E-state index is 13.6. The Bertz CT molecular complexity index is 1040. The Morgan fingerprint density at radius 1 is 1.09 bits per heavy atom. The summed E-state index contributed by atoms with van der Waals surface area (Å²) < 4.78 is 24.0. The third kappa shape index (κ3) is 5.28. The number of hydrogen-bond acceptors (Lipinski definition) is 6. The number of piperidine rings is 1. The molecule has 34 heavy (non-hydrogen) atoms. The van der Waals surface area contributed by atoms with E-state index in [9.17, 15) is 14.0 Å². The number of likely N-dealkylation sites (tertiary alicyclic amines) is 1. The maximum atomic E-state index is 13.6. The molecule has 4 rings (SSSR count). The molecule has 2 aromatic rings. The molecule has 2 atom stereocenters. The lowest BCUT2D eigenvalue weighted by atomic mass is 9.98. The van der Waals surface area contributed by atoms with Crippen molar-refractivity contribution in [2.24, 2.45) is 5.10 Å². The van der Waals surface area contributed by atoms with Crippen molar-refractivity contribution >= 4 is 17.6 Å². The van der Waals surface area contributed by atoms with Crippen molar-refractivity contribution in [3.05, 3.63) is 65.5 Å². The summed E-state index contributed by atoms with van der Waals surface area (Å²) >= 11 is 0. The normalized spacial score (nSPS) is 20.7. The molecule has 2 heterocycles. The Kier molecular flexibility index (Phi) is 7.57. The van der Waals surface area contributed by atoms with Crippen LogP contribution in [0.4, 0.5) is 4.39 Å². The van der Waals surface area contributed by atoms with Crippen LogP contribution in [0.25, 0.3) is 0 Å². The highest BCUT2D eigenvalue weighted by atomic mass is 19.1. The van der Waals surface area contributed by atoms with E-state index in [1.54, 1.807) is 26.2 Å². The van der Waals surface area contributed by atoms with Gasteiger partial charge in [0.25, 0.3) is 5.91 Å². The lowest BCUT2D eigenvalue weighted by Gasteiger charge is -2.34. The number of nitrogens with zero attached hydrogens (tertiary/aromatic N) is 3. The fourth-order valence-electron chi connectivity index (χ4n) is 4.57. The van der Waals surface area contributed by atoms with Gasteiger partial charge in [-0.1, -0.05) is 18.6 Å². The minimum absolute atomic E-state index is 0.0700. The standard InChI is InChI=1S/C26H30FN3O4/c1-3-34-26(32)23-6-4-5-15-29(23)17-25(31)30-24(19-7-11-20(27)12-8-19)16-22(28-30)18-9-13-21(33-2)14-10-18/h7-14,23-24H,3-6,15-17H2,1-2H3/t23-,24-/m1/s1. The fourth-order valence-corrected chi connectivity index (χ4v) is 4.57. The van der Waals surface area contributed by atoms with Crippen molar-refractivity contribution in [3.8, 4) is 5.75 Å². The van der Waals surface area contributed by atoms with Gasteiger partial charge in [-0.2, -0.15) is 5.10 Å². The number of esters is 1. The van der Waals surface area contributed by atoms with Crippen molar-refractivity contribution in [3.63, 3.8) is 0 Å². The number of ether oxygens (including phenoxy) is 2. The van der Waals surface area contributed by atoms with Crippen LogP contribution in [0.1, 0.15) is 49.8 Å². The van der Waals surface area contributed by atoms with Gasteiger partial charge < -0.3 is 9.47 Å². The molecule has 0 radical (unpaired) electrons.